The molecule has 15 heteroatoms. The van der Waals surface area contributed by atoms with E-state index in [1.54, 1.807) is 22.7 Å². The minimum absolute atomic E-state index is 0.485. The van der Waals surface area contributed by atoms with Crippen LogP contribution in [0.25, 0.3) is 232 Å². The molecule has 9 heterocycles. The average Bonchev–Trinajstić information content (AvgIpc) is 1.58. The van der Waals surface area contributed by atoms with Crippen LogP contribution in [0, 0.1) is 0 Å². The Labute approximate surface area is 694 Å². The van der Waals surface area contributed by atoms with Gasteiger partial charge in [-0.05, 0) is 149 Å². The van der Waals surface area contributed by atoms with E-state index in [2.05, 4.69) is 176 Å². The predicted molar refractivity (Wildman–Crippen MR) is 487 cm³/mol. The lowest BCUT2D eigenvalue weighted by atomic mass is 10.0. The maximum absolute atomic E-state index is 6.21. The SMILES string of the molecule is c1ccc(-c2cccc(-c3nc(-c4cc5ccccc5o4)nc(-c4cccc5c4sc4ccccc45)n3)c2)cc1.c1ccc(-c2cccc(-c3nc(-c4ccc5oc6ccccc6c5c4)nc(-c4cc5ccccc5o4)n3)c2)cc1.c1ccc(-c2cccc(-c3nc(-c4ccc5sc6ccccc6c5c4)nc(-c4cc5ccccc5o4)n3)c2)cc1. The van der Waals surface area contributed by atoms with Gasteiger partial charge in [-0.3, -0.25) is 0 Å². The first-order chi connectivity index (χ1) is 59.4. The monoisotopic (exact) mass is 1580 g/mol. The van der Waals surface area contributed by atoms with E-state index in [9.17, 15) is 0 Å². The summed E-state index contributed by atoms with van der Waals surface area (Å²) < 4.78 is 29.6. The highest BCUT2D eigenvalue weighted by atomic mass is 32.1. The molecule has 0 fully saturated rings. The van der Waals surface area contributed by atoms with E-state index in [0.29, 0.717) is 69.7 Å². The van der Waals surface area contributed by atoms with E-state index in [1.807, 2.05) is 206 Å². The van der Waals surface area contributed by atoms with Crippen LogP contribution in [0.3, 0.4) is 0 Å². The molecular formula is C105H63N9O4S2. The van der Waals surface area contributed by atoms with Gasteiger partial charge < -0.3 is 17.7 Å². The third-order valence-corrected chi connectivity index (χ3v) is 23.8. The Balaban J connectivity index is 0.000000108. The molecule has 0 radical (unpaired) electrons. The Morgan fingerprint density at radius 1 is 0.167 bits per heavy atom. The molecule has 24 rings (SSSR count). The number of para-hydroxylation sites is 4. The largest absolute Gasteiger partial charge is 0.456 e. The maximum atomic E-state index is 6.21. The third-order valence-electron chi connectivity index (χ3n) is 21.4. The summed E-state index contributed by atoms with van der Waals surface area (Å²) in [5, 5.41) is 10.00. The van der Waals surface area contributed by atoms with Crippen LogP contribution in [-0.2, 0) is 0 Å². The second kappa shape index (κ2) is 30.4. The topological polar surface area (TPSA) is 169 Å². The molecule has 13 nitrogen and oxygen atoms in total. The first-order valence-corrected chi connectivity index (χ1v) is 41.0. The van der Waals surface area contributed by atoms with Crippen molar-refractivity contribution in [3.63, 3.8) is 0 Å². The number of aromatic nitrogens is 9. The van der Waals surface area contributed by atoms with Crippen molar-refractivity contribution in [2.24, 2.45) is 0 Å². The lowest BCUT2D eigenvalue weighted by molar-refractivity contribution is 0.624. The summed E-state index contributed by atoms with van der Waals surface area (Å²) in [5.74, 6) is 6.94. The van der Waals surface area contributed by atoms with Gasteiger partial charge in [-0.1, -0.05) is 267 Å². The molecular weight excluding hydrogens is 1520 g/mol. The molecule has 0 aliphatic carbocycles. The molecule has 0 saturated heterocycles. The van der Waals surface area contributed by atoms with E-state index < -0.39 is 0 Å². The van der Waals surface area contributed by atoms with Crippen molar-refractivity contribution >= 4 is 118 Å². The number of fused-ring (bicyclic) bond motifs is 12. The summed E-state index contributed by atoms with van der Waals surface area (Å²) in [6, 6.07) is 130. The molecule has 0 aliphatic heterocycles. The van der Waals surface area contributed by atoms with Crippen molar-refractivity contribution < 1.29 is 17.7 Å². The van der Waals surface area contributed by atoms with E-state index >= 15 is 0 Å². The zero-order valence-corrected chi connectivity index (χ0v) is 65.5. The van der Waals surface area contributed by atoms with Gasteiger partial charge >= 0.3 is 0 Å². The second-order valence-corrected chi connectivity index (χ2v) is 31.2. The molecule has 0 aliphatic rings. The molecule has 0 saturated carbocycles. The van der Waals surface area contributed by atoms with Crippen molar-refractivity contribution in [2.45, 2.75) is 0 Å². The number of furan rings is 4. The lowest BCUT2D eigenvalue weighted by Crippen LogP contribution is -2.00. The van der Waals surface area contributed by atoms with Crippen LogP contribution < -0.4 is 0 Å². The average molecular weight is 1580 g/mol. The van der Waals surface area contributed by atoms with Crippen LogP contribution in [0.5, 0.6) is 0 Å². The molecule has 9 aromatic heterocycles. The van der Waals surface area contributed by atoms with E-state index in [0.717, 1.165) is 126 Å². The van der Waals surface area contributed by atoms with Crippen LogP contribution >= 0.6 is 22.7 Å². The highest BCUT2D eigenvalue weighted by molar-refractivity contribution is 7.26. The van der Waals surface area contributed by atoms with Gasteiger partial charge in [0.05, 0.1) is 0 Å². The van der Waals surface area contributed by atoms with Gasteiger partial charge in [-0.15, -0.1) is 22.7 Å². The van der Waals surface area contributed by atoms with Crippen LogP contribution in [0.2, 0.25) is 0 Å². The van der Waals surface area contributed by atoms with E-state index in [1.165, 1.54) is 35.6 Å². The number of hydrogen-bond acceptors (Lipinski definition) is 15. The van der Waals surface area contributed by atoms with Crippen molar-refractivity contribution in [1.82, 2.24) is 44.9 Å². The number of benzene rings is 15. The molecule has 0 unspecified atom stereocenters. The lowest BCUT2D eigenvalue weighted by Gasteiger charge is -2.09. The second-order valence-electron chi connectivity index (χ2n) is 29.1. The highest BCUT2D eigenvalue weighted by Gasteiger charge is 2.23. The summed E-state index contributed by atoms with van der Waals surface area (Å²) in [6.07, 6.45) is 0. The first kappa shape index (κ1) is 70.8. The third kappa shape index (κ3) is 13.7. The van der Waals surface area contributed by atoms with Crippen LogP contribution in [-0.4, -0.2) is 44.9 Å². The van der Waals surface area contributed by atoms with Crippen molar-refractivity contribution in [1.29, 1.82) is 0 Å². The van der Waals surface area contributed by atoms with E-state index in [4.69, 9.17) is 62.5 Å². The first-order valence-electron chi connectivity index (χ1n) is 39.3. The molecule has 120 heavy (non-hydrogen) atoms. The quantitative estimate of drug-likeness (QED) is 0.113. The molecule has 0 spiro atoms. The Morgan fingerprint density at radius 3 is 0.958 bits per heavy atom. The zero-order chi connectivity index (χ0) is 79.4. The van der Waals surface area contributed by atoms with Gasteiger partial charge in [0.25, 0.3) is 0 Å². The molecule has 0 atom stereocenters. The van der Waals surface area contributed by atoms with Gasteiger partial charge in [0.1, 0.15) is 27.9 Å². The van der Waals surface area contributed by atoms with Gasteiger partial charge in [0.2, 0.25) is 0 Å². The summed E-state index contributed by atoms with van der Waals surface area (Å²) in [5.41, 5.74) is 16.4. The molecule has 564 valence electrons. The smallest absolute Gasteiger partial charge is 0.199 e. The molecule has 24 aromatic rings. The van der Waals surface area contributed by atoms with Gasteiger partial charge in [-0.2, -0.15) is 0 Å². The summed E-state index contributed by atoms with van der Waals surface area (Å²) in [7, 11) is 0. The van der Waals surface area contributed by atoms with Crippen LogP contribution in [0.4, 0.5) is 0 Å². The number of thiophene rings is 2. The van der Waals surface area contributed by atoms with Crippen LogP contribution in [0.1, 0.15) is 0 Å². The van der Waals surface area contributed by atoms with Crippen molar-refractivity contribution in [3.05, 3.63) is 382 Å². The Morgan fingerprint density at radius 2 is 0.483 bits per heavy atom. The fourth-order valence-corrected chi connectivity index (χ4v) is 17.9. The zero-order valence-electron chi connectivity index (χ0n) is 63.8. The number of hydrogen-bond donors (Lipinski definition) is 0. The fraction of sp³-hybridized carbons (Fsp3) is 0. The minimum atomic E-state index is 0.485. The summed E-state index contributed by atoms with van der Waals surface area (Å²) >= 11 is 3.57. The predicted octanol–water partition coefficient (Wildman–Crippen LogP) is 28.5. The van der Waals surface area contributed by atoms with Crippen molar-refractivity contribution in [2.75, 3.05) is 0 Å². The van der Waals surface area contributed by atoms with Gasteiger partial charge in [0.15, 0.2) is 69.7 Å². The Kier molecular flexibility index (Phi) is 17.9. The van der Waals surface area contributed by atoms with Gasteiger partial charge in [0, 0.05) is 101 Å². The highest BCUT2D eigenvalue weighted by Crippen LogP contribution is 2.43. The molecule has 15 aromatic carbocycles. The minimum Gasteiger partial charge on any atom is -0.456 e. The summed E-state index contributed by atoms with van der Waals surface area (Å²) in [4.78, 5) is 44.6. The molecule has 0 amide bonds. The summed E-state index contributed by atoms with van der Waals surface area (Å²) in [6.45, 7) is 0. The van der Waals surface area contributed by atoms with Gasteiger partial charge in [-0.25, -0.2) is 44.9 Å². The normalized spacial score (nSPS) is 11.5. The standard InChI is InChI=1S/C35H21N3O2.2C35H21N3OS/c1-2-9-22(10-3-1)23-12-8-13-25(19-23)33-36-34(38-35(37-33)32-21-24-11-4-6-15-29(24)39-32)26-17-18-31-28(20-26)27-14-5-7-16-30(27)40-31;1-2-10-22(11-3-1)23-13-8-14-25(20-23)33-36-34(38-35(37-33)30-21-24-12-4-6-18-29(24)39-30)28-17-9-16-27-26-15-5-7-19-31(26)40-32(27)28;1-2-9-22(10-3-1)23-12-8-13-25(19-23)33-36-34(38-35(37-33)30-21-24-11-4-6-15-29(24)39-30)26-17-18-32-28(20-26)27-14-5-7-16-31(27)40-32/h3*1-21H. The Bertz CT molecular complexity index is 7600. The number of rotatable bonds is 12. The Hall–Kier alpha value is -15.8. The van der Waals surface area contributed by atoms with E-state index in [-0.39, 0.29) is 0 Å². The number of nitrogens with zero attached hydrogens (tertiary/aromatic N) is 9. The molecule has 0 bridgehead atoms. The fourth-order valence-electron chi connectivity index (χ4n) is 15.6. The maximum Gasteiger partial charge on any atom is 0.199 e. The molecule has 0 N–H and O–H groups in total. The van der Waals surface area contributed by atoms with Crippen molar-refractivity contribution in [3.8, 4) is 136 Å². The van der Waals surface area contributed by atoms with Crippen LogP contribution in [0.15, 0.2) is 400 Å².